The molecule has 8 nitrogen and oxygen atoms in total. The van der Waals surface area contributed by atoms with Crippen molar-refractivity contribution in [2.24, 2.45) is 5.92 Å². The predicted molar refractivity (Wildman–Crippen MR) is 142 cm³/mol. The molecule has 0 spiro atoms. The molecule has 0 radical (unpaired) electrons. The van der Waals surface area contributed by atoms with Crippen LogP contribution in [0.2, 0.25) is 5.15 Å². The van der Waals surface area contributed by atoms with E-state index >= 15 is 0 Å². The van der Waals surface area contributed by atoms with Crippen molar-refractivity contribution < 1.29 is 28.2 Å². The summed E-state index contributed by atoms with van der Waals surface area (Å²) in [5, 5.41) is 10.9. The minimum absolute atomic E-state index is 0.175. The van der Waals surface area contributed by atoms with E-state index in [1.54, 1.807) is 32.3 Å². The molecule has 2 amide bonds. The van der Waals surface area contributed by atoms with Gasteiger partial charge in [0.2, 0.25) is 5.60 Å². The van der Waals surface area contributed by atoms with Crippen LogP contribution in [0.15, 0.2) is 36.4 Å². The summed E-state index contributed by atoms with van der Waals surface area (Å²) in [7, 11) is 6.13. The van der Waals surface area contributed by atoms with Crippen LogP contribution in [0.5, 0.6) is 5.75 Å². The van der Waals surface area contributed by atoms with Crippen LogP contribution in [0, 0.1) is 5.92 Å². The third-order valence-corrected chi connectivity index (χ3v) is 7.30. The van der Waals surface area contributed by atoms with Gasteiger partial charge in [-0.1, -0.05) is 23.7 Å². The molecule has 0 saturated carbocycles. The Hall–Kier alpha value is -2.98. The van der Waals surface area contributed by atoms with Crippen LogP contribution >= 0.6 is 11.6 Å². The fourth-order valence-electron chi connectivity index (χ4n) is 4.66. The van der Waals surface area contributed by atoms with Gasteiger partial charge in [0.15, 0.2) is 0 Å². The summed E-state index contributed by atoms with van der Waals surface area (Å²) in [5.41, 5.74) is -2.79. The lowest BCUT2D eigenvalue weighted by molar-refractivity contribution is -0.170. The molecule has 2 aromatic rings. The average Bonchev–Trinajstić information content (AvgIpc) is 2.91. The molecular weight excluding hydrogens is 518 g/mol. The normalized spacial score (nSPS) is 15.8. The van der Waals surface area contributed by atoms with Gasteiger partial charge in [0.25, 0.3) is 18.2 Å². The molecule has 1 aliphatic heterocycles. The van der Waals surface area contributed by atoms with E-state index in [1.807, 2.05) is 0 Å². The topological polar surface area (TPSA) is 86.2 Å². The molecule has 1 aliphatic rings. The minimum Gasteiger partial charge on any atom is -0.497 e. The van der Waals surface area contributed by atoms with Gasteiger partial charge >= 0.3 is 0 Å². The number of methoxy groups -OCH3 is 1. The smallest absolute Gasteiger partial charge is 0.280 e. The maximum atomic E-state index is 14.0. The van der Waals surface area contributed by atoms with E-state index in [0.717, 1.165) is 38.2 Å². The number of hydrogen-bond donors (Lipinski definition) is 1. The Balaban J connectivity index is 1.52. The molecule has 38 heavy (non-hydrogen) atoms. The number of rotatable bonds is 10. The Morgan fingerprint density at radius 1 is 1.21 bits per heavy atom. The SMILES string of the molecule is COc1cccc(C(O)(C(=O)N(C)CCCC2CCN(c3ccc(C(=O)N(C)C)c(Cl)n3)CC2)C(F)F)c1. The van der Waals surface area contributed by atoms with E-state index in [4.69, 9.17) is 16.3 Å². The first-order valence-corrected chi connectivity index (χ1v) is 12.9. The molecule has 0 bridgehead atoms. The van der Waals surface area contributed by atoms with Gasteiger partial charge in [-0.15, -0.1) is 0 Å². The molecule has 208 valence electrons. The van der Waals surface area contributed by atoms with Crippen molar-refractivity contribution in [3.63, 3.8) is 0 Å². The number of amides is 2. The summed E-state index contributed by atoms with van der Waals surface area (Å²) in [5.74, 6) is 0.158. The Kier molecular flexibility index (Phi) is 9.89. The quantitative estimate of drug-likeness (QED) is 0.448. The zero-order valence-electron chi connectivity index (χ0n) is 22.2. The highest BCUT2D eigenvalue weighted by Crippen LogP contribution is 2.33. The zero-order chi connectivity index (χ0) is 28.0. The van der Waals surface area contributed by atoms with E-state index in [2.05, 4.69) is 9.88 Å². The molecule has 11 heteroatoms. The van der Waals surface area contributed by atoms with E-state index in [1.165, 1.54) is 42.2 Å². The van der Waals surface area contributed by atoms with Crippen molar-refractivity contribution in [1.29, 1.82) is 0 Å². The number of carbonyl (C=O) groups is 2. The third kappa shape index (κ3) is 6.53. The number of benzene rings is 1. The van der Waals surface area contributed by atoms with Gasteiger partial charge < -0.3 is 24.5 Å². The molecule has 0 aliphatic carbocycles. The van der Waals surface area contributed by atoms with Crippen molar-refractivity contribution in [3.05, 3.63) is 52.7 Å². The fourth-order valence-corrected chi connectivity index (χ4v) is 4.90. The summed E-state index contributed by atoms with van der Waals surface area (Å²) in [4.78, 5) is 34.3. The minimum atomic E-state index is -3.30. The highest BCUT2D eigenvalue weighted by atomic mass is 35.5. The number of pyridine rings is 1. The van der Waals surface area contributed by atoms with Gasteiger partial charge in [0.1, 0.15) is 16.7 Å². The number of halogens is 3. The summed E-state index contributed by atoms with van der Waals surface area (Å²) >= 11 is 6.26. The first kappa shape index (κ1) is 29.6. The zero-order valence-corrected chi connectivity index (χ0v) is 22.9. The van der Waals surface area contributed by atoms with E-state index in [-0.39, 0.29) is 28.9 Å². The van der Waals surface area contributed by atoms with Gasteiger partial charge in [0.05, 0.1) is 12.7 Å². The summed E-state index contributed by atoms with van der Waals surface area (Å²) in [6.07, 6.45) is -0.0517. The standard InChI is InChI=1S/C27H35ClF2N4O4/c1-32(2)24(35)21-10-11-22(31-23(21)28)34-15-12-18(13-16-34)7-6-14-33(3)26(36)27(37,25(29)30)19-8-5-9-20(17-19)38-4/h5,8-11,17-18,25,37H,6-7,12-16H2,1-4H3. The van der Waals surface area contributed by atoms with Gasteiger partial charge in [0, 0.05) is 46.3 Å². The van der Waals surface area contributed by atoms with Crippen LogP contribution in [-0.4, -0.2) is 86.0 Å². The number of hydrogen-bond acceptors (Lipinski definition) is 6. The van der Waals surface area contributed by atoms with E-state index in [9.17, 15) is 23.5 Å². The molecular formula is C27H35ClF2N4O4. The summed E-state index contributed by atoms with van der Waals surface area (Å²) < 4.78 is 33.0. The molecule has 2 heterocycles. The number of aromatic nitrogens is 1. The number of nitrogens with zero attached hydrogens (tertiary/aromatic N) is 4. The number of alkyl halides is 2. The van der Waals surface area contributed by atoms with Gasteiger partial charge in [-0.3, -0.25) is 9.59 Å². The van der Waals surface area contributed by atoms with Crippen LogP contribution < -0.4 is 9.64 Å². The maximum absolute atomic E-state index is 14.0. The Bertz CT molecular complexity index is 1130. The van der Waals surface area contributed by atoms with Crippen molar-refractivity contribution in [3.8, 4) is 5.75 Å². The number of carbonyl (C=O) groups excluding carboxylic acids is 2. The molecule has 1 fully saturated rings. The molecule has 1 N–H and O–H groups in total. The molecule has 1 saturated heterocycles. The number of piperidine rings is 1. The van der Waals surface area contributed by atoms with Gasteiger partial charge in [-0.25, -0.2) is 13.8 Å². The van der Waals surface area contributed by atoms with Gasteiger partial charge in [-0.05, 0) is 55.9 Å². The molecule has 1 aromatic heterocycles. The number of ether oxygens (including phenoxy) is 1. The molecule has 3 rings (SSSR count). The van der Waals surface area contributed by atoms with Crippen LogP contribution in [0.1, 0.15) is 41.6 Å². The highest BCUT2D eigenvalue weighted by molar-refractivity contribution is 6.32. The first-order chi connectivity index (χ1) is 18.0. The number of likely N-dealkylation sites (N-methyl/N-ethyl adjacent to an activating group) is 1. The van der Waals surface area contributed by atoms with Crippen molar-refractivity contribution in [1.82, 2.24) is 14.8 Å². The van der Waals surface area contributed by atoms with Crippen molar-refractivity contribution in [2.45, 2.75) is 37.7 Å². The monoisotopic (exact) mass is 552 g/mol. The second-order valence-electron chi connectivity index (χ2n) is 9.81. The van der Waals surface area contributed by atoms with Crippen LogP contribution in [0.3, 0.4) is 0 Å². The van der Waals surface area contributed by atoms with Gasteiger partial charge in [-0.2, -0.15) is 0 Å². The first-order valence-electron chi connectivity index (χ1n) is 12.5. The second-order valence-corrected chi connectivity index (χ2v) is 10.2. The lowest BCUT2D eigenvalue weighted by atomic mass is 9.91. The van der Waals surface area contributed by atoms with E-state index in [0.29, 0.717) is 17.9 Å². The number of aliphatic hydroxyl groups is 1. The Labute approximate surface area is 227 Å². The second kappa shape index (κ2) is 12.7. The number of anilines is 1. The van der Waals surface area contributed by atoms with Crippen LogP contribution in [-0.2, 0) is 10.4 Å². The van der Waals surface area contributed by atoms with Crippen molar-refractivity contribution in [2.75, 3.05) is 52.8 Å². The Morgan fingerprint density at radius 3 is 2.47 bits per heavy atom. The molecule has 1 aromatic carbocycles. The predicted octanol–water partition coefficient (Wildman–Crippen LogP) is 4.05. The highest BCUT2D eigenvalue weighted by Gasteiger charge is 2.49. The van der Waals surface area contributed by atoms with E-state index < -0.39 is 17.9 Å². The maximum Gasteiger partial charge on any atom is 0.280 e. The fraction of sp³-hybridized carbons (Fsp3) is 0.519. The summed E-state index contributed by atoms with van der Waals surface area (Å²) in [6.45, 7) is 1.78. The lowest BCUT2D eigenvalue weighted by Gasteiger charge is -2.34. The Morgan fingerprint density at radius 2 is 1.89 bits per heavy atom. The van der Waals surface area contributed by atoms with Crippen LogP contribution in [0.25, 0.3) is 0 Å². The van der Waals surface area contributed by atoms with Crippen molar-refractivity contribution >= 4 is 29.2 Å². The largest absolute Gasteiger partial charge is 0.497 e. The lowest BCUT2D eigenvalue weighted by Crippen LogP contribution is -2.50. The van der Waals surface area contributed by atoms with Crippen LogP contribution in [0.4, 0.5) is 14.6 Å². The average molecular weight is 553 g/mol. The molecule has 1 atom stereocenters. The molecule has 1 unspecified atom stereocenters. The summed E-state index contributed by atoms with van der Waals surface area (Å²) in [6, 6.07) is 9.06. The third-order valence-electron chi connectivity index (χ3n) is 7.01.